The molecule has 0 saturated carbocycles. The van der Waals surface area contributed by atoms with Crippen molar-refractivity contribution in [2.24, 2.45) is 11.1 Å². The van der Waals surface area contributed by atoms with Gasteiger partial charge in [-0.15, -0.1) is 0 Å². The molecule has 1 aromatic rings. The van der Waals surface area contributed by atoms with Gasteiger partial charge in [0, 0.05) is 37.2 Å². The molecule has 0 saturated heterocycles. The first kappa shape index (κ1) is 17.5. The number of hydrogen-bond acceptors (Lipinski definition) is 6. The van der Waals surface area contributed by atoms with Crippen molar-refractivity contribution < 1.29 is 14.9 Å². The van der Waals surface area contributed by atoms with Crippen LogP contribution in [0.2, 0.25) is 0 Å². The second-order valence-corrected chi connectivity index (χ2v) is 4.88. The molecule has 2 N–H and O–H groups in total. The molecule has 0 radical (unpaired) electrons. The molecule has 0 spiro atoms. The minimum absolute atomic E-state index is 0.230. The van der Waals surface area contributed by atoms with Gasteiger partial charge in [-0.05, 0) is 18.6 Å². The van der Waals surface area contributed by atoms with Crippen LogP contribution in [0.3, 0.4) is 0 Å². The number of aromatic nitrogens is 1. The van der Waals surface area contributed by atoms with Gasteiger partial charge in [0.25, 0.3) is 5.91 Å². The van der Waals surface area contributed by atoms with Crippen molar-refractivity contribution in [1.82, 2.24) is 10.3 Å². The van der Waals surface area contributed by atoms with Crippen LogP contribution < -0.4 is 5.32 Å². The summed E-state index contributed by atoms with van der Waals surface area (Å²) in [5.41, 5.74) is 0.744. The first-order valence-electron chi connectivity index (χ1n) is 7.03. The van der Waals surface area contributed by atoms with Gasteiger partial charge in [0.2, 0.25) is 6.04 Å². The molecule has 0 aliphatic heterocycles. The molecule has 1 heterocycles. The molecule has 1 aromatic heterocycles. The first-order valence-corrected chi connectivity index (χ1v) is 7.03. The molecule has 8 heteroatoms. The lowest BCUT2D eigenvalue weighted by Crippen LogP contribution is -2.34. The smallest absolute Gasteiger partial charge is 0.252 e. The van der Waals surface area contributed by atoms with E-state index in [0.717, 1.165) is 0 Å². The molecular formula is C14H20N4O4. The van der Waals surface area contributed by atoms with E-state index in [1.807, 2.05) is 0 Å². The van der Waals surface area contributed by atoms with Crippen molar-refractivity contribution in [2.75, 3.05) is 6.54 Å². The third kappa shape index (κ3) is 4.80. The Labute approximate surface area is 128 Å². The quantitative estimate of drug-likeness (QED) is 0.328. The Kier molecular flexibility index (Phi) is 6.94. The zero-order valence-electron chi connectivity index (χ0n) is 12.6. The van der Waals surface area contributed by atoms with E-state index in [2.05, 4.69) is 15.5 Å². The van der Waals surface area contributed by atoms with Crippen molar-refractivity contribution in [2.45, 2.75) is 32.7 Å². The number of pyridine rings is 1. The number of amides is 1. The standard InChI is InChI=1S/C14H20N4O4/c1-3-12(10(2)18(21)22)13(17-20)6-8-16-14(19)11-5-4-7-15-9-11/h4-5,7,9-10,12,20H,3,6,8H2,1-2H3,(H,16,19)/b17-13+. The maximum atomic E-state index is 11.8. The summed E-state index contributed by atoms with van der Waals surface area (Å²) in [6, 6.07) is 2.44. The average molecular weight is 308 g/mol. The van der Waals surface area contributed by atoms with Crippen molar-refractivity contribution >= 4 is 11.6 Å². The van der Waals surface area contributed by atoms with Gasteiger partial charge < -0.3 is 10.5 Å². The molecule has 8 nitrogen and oxygen atoms in total. The second kappa shape index (κ2) is 8.71. The molecule has 2 atom stereocenters. The highest BCUT2D eigenvalue weighted by Crippen LogP contribution is 2.15. The summed E-state index contributed by atoms with van der Waals surface area (Å²) >= 11 is 0. The SMILES string of the molecule is CCC(/C(CCNC(=O)c1cccnc1)=N/O)C(C)[N+](=O)[O-]. The van der Waals surface area contributed by atoms with E-state index in [9.17, 15) is 14.9 Å². The molecule has 0 aliphatic rings. The Morgan fingerprint density at radius 2 is 2.32 bits per heavy atom. The van der Waals surface area contributed by atoms with E-state index in [1.54, 1.807) is 25.3 Å². The predicted molar refractivity (Wildman–Crippen MR) is 80.6 cm³/mol. The van der Waals surface area contributed by atoms with Gasteiger partial charge in [0.05, 0.1) is 17.2 Å². The monoisotopic (exact) mass is 308 g/mol. The molecule has 0 bridgehead atoms. The largest absolute Gasteiger partial charge is 0.411 e. The van der Waals surface area contributed by atoms with Gasteiger partial charge in [0.1, 0.15) is 0 Å². The third-order valence-corrected chi connectivity index (χ3v) is 3.50. The average Bonchev–Trinajstić information content (AvgIpc) is 2.54. The fourth-order valence-corrected chi connectivity index (χ4v) is 2.21. The van der Waals surface area contributed by atoms with Crippen LogP contribution in [0.5, 0.6) is 0 Å². The van der Waals surface area contributed by atoms with Crippen LogP contribution in [0.1, 0.15) is 37.0 Å². The molecule has 0 fully saturated rings. The fraction of sp³-hybridized carbons (Fsp3) is 0.500. The maximum absolute atomic E-state index is 11.8. The minimum atomic E-state index is -0.843. The van der Waals surface area contributed by atoms with E-state index in [1.165, 1.54) is 13.1 Å². The molecule has 120 valence electrons. The Bertz CT molecular complexity index is 533. The van der Waals surface area contributed by atoms with E-state index in [0.29, 0.717) is 17.7 Å². The zero-order valence-corrected chi connectivity index (χ0v) is 12.6. The molecule has 1 amide bonds. The van der Waals surface area contributed by atoms with Crippen LogP contribution in [-0.2, 0) is 0 Å². The third-order valence-electron chi connectivity index (χ3n) is 3.50. The molecule has 0 aromatic carbocycles. The molecule has 1 rings (SSSR count). The van der Waals surface area contributed by atoms with Crippen molar-refractivity contribution in [3.63, 3.8) is 0 Å². The summed E-state index contributed by atoms with van der Waals surface area (Å²) in [7, 11) is 0. The summed E-state index contributed by atoms with van der Waals surface area (Å²) in [6.45, 7) is 3.51. The normalized spacial score (nSPS) is 14.2. The number of hydrogen-bond donors (Lipinski definition) is 2. The molecular weight excluding hydrogens is 288 g/mol. The van der Waals surface area contributed by atoms with E-state index < -0.39 is 16.9 Å². The summed E-state index contributed by atoms with van der Waals surface area (Å²) in [5, 5.41) is 25.8. The van der Waals surface area contributed by atoms with Crippen LogP contribution in [-0.4, -0.2) is 39.3 Å². The Balaban J connectivity index is 2.57. The number of nitrogens with one attached hydrogen (secondary N) is 1. The highest BCUT2D eigenvalue weighted by atomic mass is 16.6. The Morgan fingerprint density at radius 3 is 2.82 bits per heavy atom. The van der Waals surface area contributed by atoms with Gasteiger partial charge in [-0.25, -0.2) is 0 Å². The van der Waals surface area contributed by atoms with E-state index in [-0.39, 0.29) is 18.9 Å². The number of oxime groups is 1. The van der Waals surface area contributed by atoms with Crippen molar-refractivity contribution in [1.29, 1.82) is 0 Å². The van der Waals surface area contributed by atoms with Crippen LogP contribution in [0.4, 0.5) is 0 Å². The number of carbonyl (C=O) groups excluding carboxylic acids is 1. The van der Waals surface area contributed by atoms with Crippen molar-refractivity contribution in [3.05, 3.63) is 40.2 Å². The summed E-state index contributed by atoms with van der Waals surface area (Å²) in [4.78, 5) is 26.2. The highest BCUT2D eigenvalue weighted by Gasteiger charge is 2.29. The summed E-state index contributed by atoms with van der Waals surface area (Å²) < 4.78 is 0. The van der Waals surface area contributed by atoms with Crippen LogP contribution in [0.25, 0.3) is 0 Å². The lowest BCUT2D eigenvalue weighted by Gasteiger charge is -2.17. The maximum Gasteiger partial charge on any atom is 0.252 e. The van der Waals surface area contributed by atoms with Gasteiger partial charge >= 0.3 is 0 Å². The number of nitrogens with zero attached hydrogens (tertiary/aromatic N) is 3. The Morgan fingerprint density at radius 1 is 1.59 bits per heavy atom. The highest BCUT2D eigenvalue weighted by molar-refractivity contribution is 5.94. The van der Waals surface area contributed by atoms with Gasteiger partial charge in [-0.1, -0.05) is 12.1 Å². The molecule has 2 unspecified atom stereocenters. The van der Waals surface area contributed by atoms with E-state index >= 15 is 0 Å². The lowest BCUT2D eigenvalue weighted by molar-refractivity contribution is -0.524. The second-order valence-electron chi connectivity index (χ2n) is 4.88. The van der Waals surface area contributed by atoms with Crippen LogP contribution in [0, 0.1) is 16.0 Å². The van der Waals surface area contributed by atoms with Crippen molar-refractivity contribution in [3.8, 4) is 0 Å². The summed E-state index contributed by atoms with van der Waals surface area (Å²) in [6.07, 6.45) is 3.75. The number of rotatable bonds is 8. The minimum Gasteiger partial charge on any atom is -0.411 e. The zero-order chi connectivity index (χ0) is 16.5. The van der Waals surface area contributed by atoms with E-state index in [4.69, 9.17) is 5.21 Å². The van der Waals surface area contributed by atoms with Gasteiger partial charge in [0.15, 0.2) is 0 Å². The number of carbonyl (C=O) groups is 1. The van der Waals surface area contributed by atoms with Crippen LogP contribution in [0.15, 0.2) is 29.7 Å². The molecule has 22 heavy (non-hydrogen) atoms. The predicted octanol–water partition coefficient (Wildman–Crippen LogP) is 1.72. The fourth-order valence-electron chi connectivity index (χ4n) is 2.21. The topological polar surface area (TPSA) is 118 Å². The van der Waals surface area contributed by atoms with Gasteiger partial charge in [-0.3, -0.25) is 19.9 Å². The number of nitro groups is 1. The van der Waals surface area contributed by atoms with Gasteiger partial charge in [-0.2, -0.15) is 0 Å². The summed E-state index contributed by atoms with van der Waals surface area (Å²) in [5.74, 6) is -0.754. The first-order chi connectivity index (χ1) is 10.5. The Hall–Kier alpha value is -2.51. The van der Waals surface area contributed by atoms with Crippen LogP contribution >= 0.6 is 0 Å². The lowest BCUT2D eigenvalue weighted by atomic mass is 9.91. The molecule has 0 aliphatic carbocycles.